The van der Waals surface area contributed by atoms with Gasteiger partial charge in [-0.15, -0.1) is 0 Å². The zero-order chi connectivity index (χ0) is 29.2. The number of rotatable bonds is 10. The molecule has 208 valence electrons. The minimum Gasteiger partial charge on any atom is -0.478 e. The number of carbonyl (C=O) groups is 4. The number of alkyl halides is 4. The van der Waals surface area contributed by atoms with Gasteiger partial charge in [-0.25, -0.2) is 22.4 Å². The topological polar surface area (TPSA) is 138 Å². The Hall–Kier alpha value is -3.61. The fourth-order valence-corrected chi connectivity index (χ4v) is 2.85. The van der Waals surface area contributed by atoms with Gasteiger partial charge in [-0.3, -0.25) is 24.4 Å². The number of nitrogens with zero attached hydrogens (tertiary/aromatic N) is 2. The number of amides is 2. The van der Waals surface area contributed by atoms with Crippen LogP contribution in [0.25, 0.3) is 0 Å². The zero-order valence-corrected chi connectivity index (χ0v) is 21.7. The summed E-state index contributed by atoms with van der Waals surface area (Å²) in [7, 11) is 0. The summed E-state index contributed by atoms with van der Waals surface area (Å²) in [4.78, 5) is 51.6. The molecule has 0 saturated carbocycles. The zero-order valence-electron chi connectivity index (χ0n) is 20.9. The molecule has 2 rings (SSSR count). The Bertz CT molecular complexity index is 1070. The third-order valence-electron chi connectivity index (χ3n) is 4.79. The van der Waals surface area contributed by atoms with Gasteiger partial charge in [0.2, 0.25) is 11.8 Å². The highest BCUT2D eigenvalue weighted by Gasteiger charge is 2.21. The molecule has 14 heteroatoms. The molecular formula is C24H27ClF4N4O5. The van der Waals surface area contributed by atoms with E-state index >= 15 is 0 Å². The van der Waals surface area contributed by atoms with Crippen LogP contribution in [0, 0.1) is 11.8 Å². The number of aromatic carboxylic acids is 1. The first-order chi connectivity index (χ1) is 17.6. The van der Waals surface area contributed by atoms with Gasteiger partial charge in [0.1, 0.15) is 11.4 Å². The summed E-state index contributed by atoms with van der Waals surface area (Å²) in [6.07, 6.45) is -3.51. The van der Waals surface area contributed by atoms with Crippen LogP contribution >= 0.6 is 11.6 Å². The van der Waals surface area contributed by atoms with Crippen LogP contribution in [0.4, 0.5) is 17.6 Å². The quantitative estimate of drug-likeness (QED) is 0.283. The van der Waals surface area contributed by atoms with Crippen molar-refractivity contribution in [1.29, 1.82) is 0 Å². The Morgan fingerprint density at radius 3 is 1.47 bits per heavy atom. The van der Waals surface area contributed by atoms with Gasteiger partial charge < -0.3 is 15.7 Å². The second kappa shape index (κ2) is 15.0. The van der Waals surface area contributed by atoms with Crippen LogP contribution < -0.4 is 10.6 Å². The number of carboxylic acid groups (broad SMARTS) is 1. The molecule has 2 heterocycles. The molecule has 0 aromatic carbocycles. The molecule has 0 spiro atoms. The maximum absolute atomic E-state index is 12.6. The monoisotopic (exact) mass is 562 g/mol. The Morgan fingerprint density at radius 2 is 1.16 bits per heavy atom. The lowest BCUT2D eigenvalue weighted by Gasteiger charge is -2.10. The van der Waals surface area contributed by atoms with Crippen LogP contribution in [-0.2, 0) is 22.7 Å². The van der Waals surface area contributed by atoms with Crippen molar-refractivity contribution in [3.05, 3.63) is 58.2 Å². The molecule has 3 N–H and O–H groups in total. The number of hydrogen-bond donors (Lipinski definition) is 3. The number of carbonyl (C=O) groups excluding carboxylic acids is 3. The summed E-state index contributed by atoms with van der Waals surface area (Å²) in [5, 5.41) is 13.0. The molecule has 0 unspecified atom stereocenters. The van der Waals surface area contributed by atoms with Gasteiger partial charge in [-0.2, -0.15) is 0 Å². The number of carboxylic acids is 1. The van der Waals surface area contributed by atoms with Crippen molar-refractivity contribution >= 4 is 34.6 Å². The van der Waals surface area contributed by atoms with Crippen molar-refractivity contribution in [1.82, 2.24) is 20.6 Å². The Labute approximate surface area is 221 Å². The van der Waals surface area contributed by atoms with E-state index in [9.17, 15) is 36.7 Å². The summed E-state index contributed by atoms with van der Waals surface area (Å²) in [6, 6.07) is 2.31. The summed E-state index contributed by atoms with van der Waals surface area (Å²) < 4.78 is 50.3. The van der Waals surface area contributed by atoms with E-state index in [-0.39, 0.29) is 42.3 Å². The third kappa shape index (κ3) is 10.0. The molecule has 0 aliphatic heterocycles. The fraction of sp³-hybridized carbons (Fsp3) is 0.417. The lowest BCUT2D eigenvalue weighted by Crippen LogP contribution is -2.27. The van der Waals surface area contributed by atoms with E-state index in [1.165, 1.54) is 12.3 Å². The molecule has 0 radical (unpaired) electrons. The number of hydrogen-bond acceptors (Lipinski definition) is 6. The maximum atomic E-state index is 12.6. The highest BCUT2D eigenvalue weighted by molar-refractivity contribution is 6.67. The number of nitrogens with one attached hydrogen (secondary N) is 2. The third-order valence-corrected chi connectivity index (χ3v) is 4.99. The van der Waals surface area contributed by atoms with Crippen molar-refractivity contribution in [3.63, 3.8) is 0 Å². The lowest BCUT2D eigenvalue weighted by atomic mass is 10.1. The highest BCUT2D eigenvalue weighted by atomic mass is 35.5. The summed E-state index contributed by atoms with van der Waals surface area (Å²) in [5.41, 5.74) is -1.53. The first kappa shape index (κ1) is 32.4. The van der Waals surface area contributed by atoms with Crippen molar-refractivity contribution in [2.24, 2.45) is 11.8 Å². The fourth-order valence-electron chi connectivity index (χ4n) is 2.69. The first-order valence-corrected chi connectivity index (χ1v) is 11.6. The van der Waals surface area contributed by atoms with Crippen LogP contribution in [0.15, 0.2) is 24.5 Å². The second-order valence-corrected chi connectivity index (χ2v) is 8.82. The van der Waals surface area contributed by atoms with E-state index in [2.05, 4.69) is 20.6 Å². The molecule has 9 nitrogen and oxygen atoms in total. The molecule has 2 aromatic rings. The normalized spacial score (nSPS) is 10.9. The molecule has 38 heavy (non-hydrogen) atoms. The van der Waals surface area contributed by atoms with Gasteiger partial charge in [0.25, 0.3) is 18.1 Å². The van der Waals surface area contributed by atoms with Gasteiger partial charge in [-0.1, -0.05) is 27.7 Å². The Kier molecular flexibility index (Phi) is 12.8. The standard InChI is InChI=1S/C12H13ClF2N2O2.C12H14F2N2O3/c1-6(2)12(19)17-5-7-3-8(10(13)18)9(11(14)15)16-4-7;1-6(2)11(17)16-5-7-3-8(12(18)19)9(10(13)14)15-4-7/h3-4,6,11H,5H2,1-2H3,(H,17,19);3-4,6,10H,5H2,1-2H3,(H,16,17)(H,18,19). The van der Waals surface area contributed by atoms with Crippen molar-refractivity contribution < 1.29 is 41.8 Å². The molecular weight excluding hydrogens is 536 g/mol. The van der Waals surface area contributed by atoms with E-state index in [0.29, 0.717) is 11.1 Å². The smallest absolute Gasteiger partial charge is 0.337 e. The van der Waals surface area contributed by atoms with E-state index in [1.54, 1.807) is 27.7 Å². The molecule has 0 atom stereocenters. The first-order valence-electron chi connectivity index (χ1n) is 11.2. The molecule has 2 aromatic heterocycles. The maximum Gasteiger partial charge on any atom is 0.337 e. The second-order valence-electron chi connectivity index (χ2n) is 8.48. The summed E-state index contributed by atoms with van der Waals surface area (Å²) in [5.74, 6) is -2.28. The van der Waals surface area contributed by atoms with Gasteiger partial charge in [0, 0.05) is 37.3 Å². The SMILES string of the molecule is CC(C)C(=O)NCc1cnc(C(F)F)c(C(=O)Cl)c1.CC(C)C(=O)NCc1cnc(C(F)F)c(C(=O)O)c1. The van der Waals surface area contributed by atoms with Crippen LogP contribution in [0.2, 0.25) is 0 Å². The van der Waals surface area contributed by atoms with Crippen LogP contribution in [-0.4, -0.2) is 38.1 Å². The van der Waals surface area contributed by atoms with E-state index < -0.39 is 41.0 Å². The lowest BCUT2D eigenvalue weighted by molar-refractivity contribution is -0.124. The predicted molar refractivity (Wildman–Crippen MR) is 129 cm³/mol. The Morgan fingerprint density at radius 1 is 0.789 bits per heavy atom. The Balaban J connectivity index is 0.000000380. The van der Waals surface area contributed by atoms with Gasteiger partial charge >= 0.3 is 5.97 Å². The van der Waals surface area contributed by atoms with Crippen molar-refractivity contribution in [2.75, 3.05) is 0 Å². The van der Waals surface area contributed by atoms with Crippen LogP contribution in [0.3, 0.4) is 0 Å². The predicted octanol–water partition coefficient (Wildman–Crippen LogP) is 4.66. The van der Waals surface area contributed by atoms with Crippen LogP contribution in [0.5, 0.6) is 0 Å². The van der Waals surface area contributed by atoms with E-state index in [4.69, 9.17) is 16.7 Å². The van der Waals surface area contributed by atoms with Crippen LogP contribution in [0.1, 0.15) is 83.8 Å². The van der Waals surface area contributed by atoms with E-state index in [1.807, 2.05) is 0 Å². The minimum atomic E-state index is -2.95. The van der Waals surface area contributed by atoms with Crippen molar-refractivity contribution in [2.45, 2.75) is 53.6 Å². The molecule has 0 aliphatic rings. The van der Waals surface area contributed by atoms with Crippen molar-refractivity contribution in [3.8, 4) is 0 Å². The molecule has 2 amide bonds. The van der Waals surface area contributed by atoms with Gasteiger partial charge in [0.05, 0.1) is 11.1 Å². The molecule has 0 aliphatic carbocycles. The van der Waals surface area contributed by atoms with Gasteiger partial charge in [-0.05, 0) is 34.9 Å². The molecule has 0 bridgehead atoms. The number of aromatic nitrogens is 2. The van der Waals surface area contributed by atoms with Gasteiger partial charge in [0.15, 0.2) is 0 Å². The number of pyridine rings is 2. The highest BCUT2D eigenvalue weighted by Crippen LogP contribution is 2.23. The largest absolute Gasteiger partial charge is 0.478 e. The average Bonchev–Trinajstić information content (AvgIpc) is 2.85. The molecule has 0 fully saturated rings. The number of halogens is 5. The average molecular weight is 563 g/mol. The molecule has 0 saturated heterocycles. The minimum absolute atomic E-state index is 0.0494. The summed E-state index contributed by atoms with van der Waals surface area (Å²) in [6.45, 7) is 7.01. The van der Waals surface area contributed by atoms with E-state index in [0.717, 1.165) is 12.3 Å². The summed E-state index contributed by atoms with van der Waals surface area (Å²) >= 11 is 5.24.